The molecule has 5 heteroatoms. The lowest BCUT2D eigenvalue weighted by Crippen LogP contribution is -2.17. The van der Waals surface area contributed by atoms with E-state index in [0.717, 1.165) is 11.4 Å². The molecule has 0 aliphatic rings. The third-order valence-electron chi connectivity index (χ3n) is 3.25. The Bertz CT molecular complexity index is 607. The largest absolute Gasteiger partial charge is 0.383 e. The van der Waals surface area contributed by atoms with E-state index in [1.54, 1.807) is 12.1 Å². The van der Waals surface area contributed by atoms with Crippen LogP contribution in [0.2, 0.25) is 0 Å². The zero-order valence-electron chi connectivity index (χ0n) is 12.1. The average Bonchev–Trinajstić information content (AvgIpc) is 2.66. The van der Waals surface area contributed by atoms with Crippen LogP contribution in [-0.4, -0.2) is 9.55 Å². The lowest BCUT2D eigenvalue weighted by molar-refractivity contribution is 0.151. The second-order valence-corrected chi connectivity index (χ2v) is 5.90. The molecule has 1 aromatic carbocycles. The molecule has 2 N–H and O–H groups in total. The van der Waals surface area contributed by atoms with Crippen molar-refractivity contribution in [2.24, 2.45) is 7.05 Å². The van der Waals surface area contributed by atoms with Gasteiger partial charge >= 0.3 is 0 Å². The van der Waals surface area contributed by atoms with Gasteiger partial charge in [-0.05, 0) is 0 Å². The first-order valence-corrected chi connectivity index (χ1v) is 6.43. The Hall–Kier alpha value is -1.91. The molecule has 0 amide bonds. The second-order valence-electron chi connectivity index (χ2n) is 5.90. The molecule has 20 heavy (non-hydrogen) atoms. The molecule has 1 heterocycles. The number of anilines is 1. The van der Waals surface area contributed by atoms with Crippen molar-refractivity contribution in [2.75, 3.05) is 5.73 Å². The minimum absolute atomic E-state index is 0.000651. The lowest BCUT2D eigenvalue weighted by Gasteiger charge is -2.17. The van der Waals surface area contributed by atoms with Crippen LogP contribution >= 0.6 is 0 Å². The van der Waals surface area contributed by atoms with Gasteiger partial charge in [0.25, 0.3) is 6.43 Å². The van der Waals surface area contributed by atoms with E-state index in [9.17, 15) is 8.78 Å². The van der Waals surface area contributed by atoms with E-state index in [2.05, 4.69) is 25.8 Å². The maximum Gasteiger partial charge on any atom is 0.263 e. The van der Waals surface area contributed by atoms with Crippen LogP contribution in [0.25, 0.3) is 11.3 Å². The van der Waals surface area contributed by atoms with Crippen molar-refractivity contribution in [3.63, 3.8) is 0 Å². The fourth-order valence-electron chi connectivity index (χ4n) is 2.18. The van der Waals surface area contributed by atoms with Gasteiger partial charge in [-0.1, -0.05) is 45.0 Å². The minimum atomic E-state index is -2.46. The summed E-state index contributed by atoms with van der Waals surface area (Å²) in [6.45, 7) is 6.16. The van der Waals surface area contributed by atoms with E-state index in [4.69, 9.17) is 5.73 Å². The Balaban J connectivity index is 2.48. The van der Waals surface area contributed by atoms with E-state index in [0.29, 0.717) is 11.5 Å². The zero-order chi connectivity index (χ0) is 15.1. The Kier molecular flexibility index (Phi) is 3.54. The smallest absolute Gasteiger partial charge is 0.263 e. The maximum atomic E-state index is 12.6. The summed E-state index contributed by atoms with van der Waals surface area (Å²) in [7, 11) is 1.86. The highest BCUT2D eigenvalue weighted by Gasteiger charge is 2.23. The molecule has 108 valence electrons. The van der Waals surface area contributed by atoms with Gasteiger partial charge in [0, 0.05) is 23.6 Å². The third-order valence-corrected chi connectivity index (χ3v) is 3.25. The number of hydrogen-bond donors (Lipinski definition) is 1. The van der Waals surface area contributed by atoms with Gasteiger partial charge in [-0.2, -0.15) is 0 Å². The number of rotatable bonds is 2. The van der Waals surface area contributed by atoms with Crippen molar-refractivity contribution >= 4 is 5.82 Å². The molecule has 2 aromatic rings. The standard InChI is InChI=1S/C15H19F2N3/c1-15(2,3)14-19-11(13(18)20(14)4)9-5-7-10(8-6-9)12(16)17/h5-8,12H,18H2,1-4H3. The van der Waals surface area contributed by atoms with Crippen LogP contribution in [-0.2, 0) is 12.5 Å². The highest BCUT2D eigenvalue weighted by molar-refractivity contribution is 5.71. The molecule has 0 saturated heterocycles. The minimum Gasteiger partial charge on any atom is -0.383 e. The average molecular weight is 279 g/mol. The molecule has 0 fully saturated rings. The first-order chi connectivity index (χ1) is 9.21. The summed E-state index contributed by atoms with van der Waals surface area (Å²) in [5.41, 5.74) is 7.33. The third kappa shape index (κ3) is 2.53. The molecule has 0 aliphatic heterocycles. The Morgan fingerprint density at radius 1 is 1.15 bits per heavy atom. The Morgan fingerprint density at radius 3 is 2.10 bits per heavy atom. The van der Waals surface area contributed by atoms with E-state index in [1.165, 1.54) is 12.1 Å². The molecule has 3 nitrogen and oxygen atoms in total. The molecule has 0 radical (unpaired) electrons. The maximum absolute atomic E-state index is 12.6. The van der Waals surface area contributed by atoms with Crippen LogP contribution in [0.15, 0.2) is 24.3 Å². The van der Waals surface area contributed by atoms with Crippen LogP contribution in [0, 0.1) is 0 Å². The summed E-state index contributed by atoms with van der Waals surface area (Å²) in [6.07, 6.45) is -2.46. The number of halogens is 2. The number of imidazole rings is 1. The van der Waals surface area contributed by atoms with Gasteiger partial charge in [0.15, 0.2) is 0 Å². The van der Waals surface area contributed by atoms with Crippen LogP contribution in [0.3, 0.4) is 0 Å². The monoisotopic (exact) mass is 279 g/mol. The predicted molar refractivity (Wildman–Crippen MR) is 76.7 cm³/mol. The van der Waals surface area contributed by atoms with Crippen molar-refractivity contribution in [1.82, 2.24) is 9.55 Å². The summed E-state index contributed by atoms with van der Waals surface area (Å²) in [5.74, 6) is 1.41. The number of nitrogens with zero attached hydrogens (tertiary/aromatic N) is 2. The van der Waals surface area contributed by atoms with Crippen LogP contribution < -0.4 is 5.73 Å². The quantitative estimate of drug-likeness (QED) is 0.906. The predicted octanol–water partition coefficient (Wildman–Crippen LogP) is 3.90. The Labute approximate surface area is 117 Å². The number of aromatic nitrogens is 2. The number of nitrogen functional groups attached to an aromatic ring is 1. The zero-order valence-corrected chi connectivity index (χ0v) is 12.1. The van der Waals surface area contributed by atoms with Crippen molar-refractivity contribution < 1.29 is 8.78 Å². The van der Waals surface area contributed by atoms with E-state index >= 15 is 0 Å². The summed E-state index contributed by atoms with van der Waals surface area (Å²) < 4.78 is 27.0. The fourth-order valence-corrected chi connectivity index (χ4v) is 2.18. The molecule has 0 bridgehead atoms. The molecule has 0 atom stereocenters. The topological polar surface area (TPSA) is 43.8 Å². The van der Waals surface area contributed by atoms with Crippen LogP contribution in [0.1, 0.15) is 38.6 Å². The number of nitrogens with two attached hydrogens (primary N) is 1. The molecule has 0 aliphatic carbocycles. The molecule has 2 rings (SSSR count). The van der Waals surface area contributed by atoms with Crippen molar-refractivity contribution in [3.05, 3.63) is 35.7 Å². The van der Waals surface area contributed by atoms with E-state index < -0.39 is 6.43 Å². The van der Waals surface area contributed by atoms with Gasteiger partial charge in [0.1, 0.15) is 17.3 Å². The van der Waals surface area contributed by atoms with Crippen molar-refractivity contribution in [1.29, 1.82) is 0 Å². The summed E-state index contributed by atoms with van der Waals surface area (Å²) >= 11 is 0. The number of hydrogen-bond acceptors (Lipinski definition) is 2. The van der Waals surface area contributed by atoms with Gasteiger partial charge in [-0.3, -0.25) is 0 Å². The molecular weight excluding hydrogens is 260 g/mol. The van der Waals surface area contributed by atoms with Gasteiger partial charge in [-0.25, -0.2) is 13.8 Å². The number of benzene rings is 1. The number of alkyl halides is 2. The van der Waals surface area contributed by atoms with Gasteiger partial charge in [0.05, 0.1) is 0 Å². The van der Waals surface area contributed by atoms with Crippen molar-refractivity contribution in [3.8, 4) is 11.3 Å². The SMILES string of the molecule is Cn1c(C(C)(C)C)nc(-c2ccc(C(F)F)cc2)c1N. The first-order valence-electron chi connectivity index (χ1n) is 6.43. The highest BCUT2D eigenvalue weighted by Crippen LogP contribution is 2.31. The molecule has 1 aromatic heterocycles. The van der Waals surface area contributed by atoms with Gasteiger partial charge in [-0.15, -0.1) is 0 Å². The molecule has 0 unspecified atom stereocenters. The van der Waals surface area contributed by atoms with E-state index in [1.807, 2.05) is 11.6 Å². The van der Waals surface area contributed by atoms with Gasteiger partial charge in [0.2, 0.25) is 0 Å². The first kappa shape index (κ1) is 14.5. The van der Waals surface area contributed by atoms with Gasteiger partial charge < -0.3 is 10.3 Å². The summed E-state index contributed by atoms with van der Waals surface area (Å²) in [6, 6.07) is 6.08. The summed E-state index contributed by atoms with van der Waals surface area (Å²) in [5, 5.41) is 0. The van der Waals surface area contributed by atoms with Crippen LogP contribution in [0.4, 0.5) is 14.6 Å². The fraction of sp³-hybridized carbons (Fsp3) is 0.400. The molecule has 0 spiro atoms. The highest BCUT2D eigenvalue weighted by atomic mass is 19.3. The summed E-state index contributed by atoms with van der Waals surface area (Å²) in [4.78, 5) is 4.58. The lowest BCUT2D eigenvalue weighted by atomic mass is 9.96. The second kappa shape index (κ2) is 4.89. The molecule has 0 saturated carbocycles. The van der Waals surface area contributed by atoms with E-state index in [-0.39, 0.29) is 11.0 Å². The van der Waals surface area contributed by atoms with Crippen molar-refractivity contribution in [2.45, 2.75) is 32.6 Å². The van der Waals surface area contributed by atoms with Crippen LogP contribution in [0.5, 0.6) is 0 Å². The Morgan fingerprint density at radius 2 is 1.70 bits per heavy atom. The normalized spacial score (nSPS) is 12.2. The molecular formula is C15H19F2N3.